The fourth-order valence-corrected chi connectivity index (χ4v) is 3.55. The van der Waals surface area contributed by atoms with Crippen molar-refractivity contribution in [3.05, 3.63) is 29.8 Å². The molecule has 6 heteroatoms. The van der Waals surface area contributed by atoms with Crippen molar-refractivity contribution in [2.24, 2.45) is 10.1 Å². The molecule has 2 aliphatic rings. The smallest absolute Gasteiger partial charge is 0.286 e. The van der Waals surface area contributed by atoms with Crippen LogP contribution in [0.15, 0.2) is 33.6 Å². The maximum Gasteiger partial charge on any atom is 0.286 e. The van der Waals surface area contributed by atoms with E-state index in [0.29, 0.717) is 5.56 Å². The lowest BCUT2D eigenvalue weighted by Gasteiger charge is -2.17. The van der Waals surface area contributed by atoms with Crippen LogP contribution in [0.25, 0.3) is 0 Å². The van der Waals surface area contributed by atoms with Crippen molar-refractivity contribution in [3.63, 3.8) is 0 Å². The molecule has 1 fully saturated rings. The highest BCUT2D eigenvalue weighted by Gasteiger charge is 2.33. The van der Waals surface area contributed by atoms with Gasteiger partial charge in [-0.3, -0.25) is 0 Å². The quantitative estimate of drug-likeness (QED) is 0.823. The highest BCUT2D eigenvalue weighted by Crippen LogP contribution is 2.29. The number of nitrogens with zero attached hydrogens (tertiary/aromatic N) is 1. The molecule has 1 saturated carbocycles. The third-order valence-corrected chi connectivity index (χ3v) is 4.68. The van der Waals surface area contributed by atoms with Gasteiger partial charge in [-0.05, 0) is 31.4 Å². The number of fused-ring (bicyclic) bond motifs is 1. The average Bonchev–Trinajstić information content (AvgIpc) is 2.84. The Balaban J connectivity index is 1.94. The predicted octanol–water partition coefficient (Wildman–Crippen LogP) is 1.03. The normalized spacial score (nSPS) is 28.8. The van der Waals surface area contributed by atoms with Gasteiger partial charge in [0.15, 0.2) is 0 Å². The van der Waals surface area contributed by atoms with Crippen molar-refractivity contribution < 1.29 is 13.2 Å². The van der Waals surface area contributed by atoms with Gasteiger partial charge in [-0.25, -0.2) is 0 Å². The topological polar surface area (TPSA) is 81.8 Å². The van der Waals surface area contributed by atoms with E-state index in [1.165, 1.54) is 0 Å². The van der Waals surface area contributed by atoms with Gasteiger partial charge in [-0.1, -0.05) is 12.1 Å². The minimum atomic E-state index is -3.59. The molecular formula is C12H14N2O3S. The molecule has 0 aromatic heterocycles. The van der Waals surface area contributed by atoms with Crippen LogP contribution >= 0.6 is 0 Å². The van der Waals surface area contributed by atoms with Crippen molar-refractivity contribution >= 4 is 15.9 Å². The molecule has 96 valence electrons. The van der Waals surface area contributed by atoms with Gasteiger partial charge in [-0.15, -0.1) is 4.40 Å². The minimum Gasteiger partial charge on any atom is -0.472 e. The molecule has 2 unspecified atom stereocenters. The minimum absolute atomic E-state index is 0.0387. The maximum atomic E-state index is 11.8. The van der Waals surface area contributed by atoms with Gasteiger partial charge >= 0.3 is 0 Å². The maximum absolute atomic E-state index is 11.8. The van der Waals surface area contributed by atoms with Crippen LogP contribution in [0.1, 0.15) is 24.8 Å². The fourth-order valence-electron chi connectivity index (χ4n) is 2.41. The lowest BCUT2D eigenvalue weighted by molar-refractivity contribution is 0.180. The molecule has 1 aromatic carbocycles. The van der Waals surface area contributed by atoms with E-state index in [1.54, 1.807) is 24.3 Å². The van der Waals surface area contributed by atoms with Crippen molar-refractivity contribution in [1.82, 2.24) is 0 Å². The van der Waals surface area contributed by atoms with E-state index in [1.807, 2.05) is 0 Å². The molecule has 2 atom stereocenters. The number of sulfonamides is 1. The largest absolute Gasteiger partial charge is 0.472 e. The predicted molar refractivity (Wildman–Crippen MR) is 66.9 cm³/mol. The zero-order chi connectivity index (χ0) is 12.8. The monoisotopic (exact) mass is 266 g/mol. The molecule has 1 aliphatic heterocycles. The van der Waals surface area contributed by atoms with Gasteiger partial charge in [0.2, 0.25) is 5.90 Å². The third kappa shape index (κ3) is 1.81. The Morgan fingerprint density at radius 1 is 1.28 bits per heavy atom. The third-order valence-electron chi connectivity index (χ3n) is 3.37. The second-order valence-corrected chi connectivity index (χ2v) is 6.19. The lowest BCUT2D eigenvalue weighted by Crippen LogP contribution is -2.33. The van der Waals surface area contributed by atoms with Crippen LogP contribution in [0, 0.1) is 0 Å². The molecule has 1 aliphatic carbocycles. The number of hydrogen-bond acceptors (Lipinski definition) is 4. The Bertz CT molecular complexity index is 610. The molecule has 0 spiro atoms. The Hall–Kier alpha value is -1.40. The van der Waals surface area contributed by atoms with Gasteiger partial charge in [0.25, 0.3) is 10.0 Å². The first-order valence-electron chi connectivity index (χ1n) is 5.94. The molecule has 0 bridgehead atoms. The Labute approximate surface area is 106 Å². The van der Waals surface area contributed by atoms with Crippen LogP contribution in [-0.2, 0) is 14.8 Å². The summed E-state index contributed by atoms with van der Waals surface area (Å²) in [7, 11) is -3.59. The van der Waals surface area contributed by atoms with Gasteiger partial charge in [0.05, 0.1) is 5.56 Å². The number of rotatable bonds is 1. The number of nitrogens with two attached hydrogens (primary N) is 1. The van der Waals surface area contributed by atoms with Crippen LogP contribution in [0.3, 0.4) is 0 Å². The summed E-state index contributed by atoms with van der Waals surface area (Å²) < 4.78 is 33.0. The van der Waals surface area contributed by atoms with Crippen LogP contribution in [-0.4, -0.2) is 26.5 Å². The molecule has 0 radical (unpaired) electrons. The van der Waals surface area contributed by atoms with Crippen LogP contribution in [0.5, 0.6) is 0 Å². The summed E-state index contributed by atoms with van der Waals surface area (Å²) in [6.07, 6.45) is 2.63. The molecule has 18 heavy (non-hydrogen) atoms. The van der Waals surface area contributed by atoms with Crippen molar-refractivity contribution in [2.75, 3.05) is 0 Å². The van der Waals surface area contributed by atoms with Gasteiger partial charge in [0.1, 0.15) is 11.0 Å². The first-order valence-corrected chi connectivity index (χ1v) is 7.38. The number of ether oxygens (including phenoxy) is 1. The molecule has 1 heterocycles. The summed E-state index contributed by atoms with van der Waals surface area (Å²) in [5, 5.41) is 0. The first-order chi connectivity index (χ1) is 8.58. The van der Waals surface area contributed by atoms with Crippen LogP contribution in [0.2, 0.25) is 0 Å². The van der Waals surface area contributed by atoms with Crippen molar-refractivity contribution in [2.45, 2.75) is 36.3 Å². The van der Waals surface area contributed by atoms with Gasteiger partial charge < -0.3 is 10.5 Å². The van der Waals surface area contributed by atoms with Crippen molar-refractivity contribution in [3.8, 4) is 0 Å². The highest BCUT2D eigenvalue weighted by atomic mass is 32.2. The Morgan fingerprint density at radius 3 is 2.78 bits per heavy atom. The second kappa shape index (κ2) is 4.07. The highest BCUT2D eigenvalue weighted by molar-refractivity contribution is 7.90. The average molecular weight is 266 g/mol. The molecule has 0 saturated heterocycles. The van der Waals surface area contributed by atoms with E-state index >= 15 is 0 Å². The molecule has 5 nitrogen and oxygen atoms in total. The van der Waals surface area contributed by atoms with E-state index < -0.39 is 10.0 Å². The van der Waals surface area contributed by atoms with E-state index in [4.69, 9.17) is 10.5 Å². The number of benzene rings is 1. The zero-order valence-electron chi connectivity index (χ0n) is 9.74. The first kappa shape index (κ1) is 11.7. The fraction of sp³-hybridized carbons (Fsp3) is 0.417. The van der Waals surface area contributed by atoms with E-state index in [2.05, 4.69) is 4.40 Å². The van der Waals surface area contributed by atoms with Gasteiger partial charge in [-0.2, -0.15) is 8.42 Å². The Kier molecular flexibility index (Phi) is 2.64. The lowest BCUT2D eigenvalue weighted by atomic mass is 10.2. The summed E-state index contributed by atoms with van der Waals surface area (Å²) in [6, 6.07) is 6.66. The standard InChI is InChI=1S/C12H14N2O3S/c13-9-5-3-6-10(9)17-12-8-4-1-2-7-11(8)18(15,16)14-12/h1-2,4,7,9-10H,3,5-6,13H2. The molecular weight excluding hydrogens is 252 g/mol. The molecule has 1 aromatic rings. The Morgan fingerprint density at radius 2 is 2.06 bits per heavy atom. The molecule has 3 rings (SSSR count). The van der Waals surface area contributed by atoms with Crippen LogP contribution in [0.4, 0.5) is 0 Å². The van der Waals surface area contributed by atoms with E-state index in [9.17, 15) is 8.42 Å². The summed E-state index contributed by atoms with van der Waals surface area (Å²) in [4.78, 5) is 0.214. The van der Waals surface area contributed by atoms with E-state index in [0.717, 1.165) is 19.3 Å². The zero-order valence-corrected chi connectivity index (χ0v) is 10.6. The van der Waals surface area contributed by atoms with Crippen LogP contribution < -0.4 is 5.73 Å². The van der Waals surface area contributed by atoms with Gasteiger partial charge in [0, 0.05) is 6.04 Å². The second-order valence-electron chi connectivity index (χ2n) is 4.62. The molecule has 0 amide bonds. The summed E-state index contributed by atoms with van der Waals surface area (Å²) in [6.45, 7) is 0. The summed E-state index contributed by atoms with van der Waals surface area (Å²) in [5.41, 5.74) is 6.45. The summed E-state index contributed by atoms with van der Waals surface area (Å²) >= 11 is 0. The molecule has 2 N–H and O–H groups in total. The summed E-state index contributed by atoms with van der Waals surface area (Å²) in [5.74, 6) is 0.188. The van der Waals surface area contributed by atoms with E-state index in [-0.39, 0.29) is 22.9 Å². The SMILES string of the molecule is NC1CCCC1OC1=NS(=O)(=O)c2ccccc21. The van der Waals surface area contributed by atoms with Crippen molar-refractivity contribution in [1.29, 1.82) is 0 Å². The number of hydrogen-bond donors (Lipinski definition) is 1.